The van der Waals surface area contributed by atoms with Crippen molar-refractivity contribution in [2.24, 2.45) is 0 Å². The summed E-state index contributed by atoms with van der Waals surface area (Å²) in [5, 5.41) is 20.2. The van der Waals surface area contributed by atoms with E-state index in [2.05, 4.69) is 15.5 Å². The van der Waals surface area contributed by atoms with Crippen molar-refractivity contribution in [2.75, 3.05) is 5.32 Å². The van der Waals surface area contributed by atoms with Crippen molar-refractivity contribution in [1.29, 1.82) is 0 Å². The molecule has 1 amide bonds. The van der Waals surface area contributed by atoms with Gasteiger partial charge in [0.1, 0.15) is 11.4 Å². The molecule has 1 aromatic heterocycles. The summed E-state index contributed by atoms with van der Waals surface area (Å²) in [6, 6.07) is 12.3. The Labute approximate surface area is 144 Å². The van der Waals surface area contributed by atoms with Crippen LogP contribution in [0.1, 0.15) is 21.6 Å². The number of hydrogen-bond acceptors (Lipinski definition) is 3. The number of carbonyl (C=O) groups is 1. The maximum Gasteiger partial charge on any atom is 0.273 e. The van der Waals surface area contributed by atoms with Gasteiger partial charge in [-0.05, 0) is 49.2 Å². The van der Waals surface area contributed by atoms with Crippen molar-refractivity contribution in [3.63, 3.8) is 0 Å². The number of rotatable bonds is 3. The van der Waals surface area contributed by atoms with Crippen molar-refractivity contribution < 1.29 is 9.90 Å². The van der Waals surface area contributed by atoms with E-state index < -0.39 is 0 Å². The third kappa shape index (κ3) is 3.12. The fourth-order valence-electron chi connectivity index (χ4n) is 2.35. The molecule has 5 nitrogen and oxygen atoms in total. The topological polar surface area (TPSA) is 78.0 Å². The van der Waals surface area contributed by atoms with Crippen molar-refractivity contribution >= 4 is 23.2 Å². The number of H-pyrrole nitrogens is 1. The molecule has 0 unspecified atom stereocenters. The minimum absolute atomic E-state index is 0.0641. The molecule has 122 valence electrons. The first-order valence-corrected chi connectivity index (χ1v) is 7.75. The predicted octanol–water partition coefficient (Wildman–Crippen LogP) is 4.30. The quantitative estimate of drug-likeness (QED) is 0.664. The maximum absolute atomic E-state index is 12.3. The lowest BCUT2D eigenvalue weighted by molar-refractivity contribution is 0.102. The molecule has 3 N–H and O–H groups in total. The Bertz CT molecular complexity index is 918. The molecular weight excluding hydrogens is 326 g/mol. The van der Waals surface area contributed by atoms with E-state index in [1.54, 1.807) is 25.1 Å². The lowest BCUT2D eigenvalue weighted by Crippen LogP contribution is -2.13. The summed E-state index contributed by atoms with van der Waals surface area (Å²) < 4.78 is 0. The first-order valence-electron chi connectivity index (χ1n) is 7.37. The zero-order valence-corrected chi connectivity index (χ0v) is 14.0. The van der Waals surface area contributed by atoms with E-state index in [1.807, 2.05) is 31.2 Å². The van der Waals surface area contributed by atoms with Crippen LogP contribution >= 0.6 is 11.6 Å². The maximum atomic E-state index is 12.3. The highest BCUT2D eigenvalue weighted by Gasteiger charge is 2.15. The standard InChI is InChI=1S/C18H16ClN3O2/c1-10-5-3-4-6-14(10)20-18(24)16-9-15(21-22-16)12-8-13(19)11(2)7-17(12)23/h3-9,23H,1-2H3,(H,20,24)(H,21,22). The Kier molecular flexibility index (Phi) is 4.27. The lowest BCUT2D eigenvalue weighted by Gasteiger charge is -2.06. The van der Waals surface area contributed by atoms with Gasteiger partial charge in [-0.25, -0.2) is 0 Å². The third-order valence-corrected chi connectivity index (χ3v) is 4.18. The number of anilines is 1. The average Bonchev–Trinajstić information content (AvgIpc) is 3.03. The molecule has 0 atom stereocenters. The summed E-state index contributed by atoms with van der Waals surface area (Å²) in [7, 11) is 0. The molecule has 0 bridgehead atoms. The Morgan fingerprint density at radius 3 is 2.67 bits per heavy atom. The van der Waals surface area contributed by atoms with Crippen LogP contribution in [0.2, 0.25) is 5.02 Å². The zero-order chi connectivity index (χ0) is 17.3. The van der Waals surface area contributed by atoms with Gasteiger partial charge in [-0.2, -0.15) is 5.10 Å². The van der Waals surface area contributed by atoms with E-state index in [0.29, 0.717) is 22.0 Å². The molecule has 3 rings (SSSR count). The van der Waals surface area contributed by atoms with Crippen LogP contribution in [0.3, 0.4) is 0 Å². The van der Waals surface area contributed by atoms with E-state index >= 15 is 0 Å². The minimum Gasteiger partial charge on any atom is -0.507 e. The van der Waals surface area contributed by atoms with Crippen molar-refractivity contribution in [1.82, 2.24) is 10.2 Å². The zero-order valence-electron chi connectivity index (χ0n) is 13.2. The van der Waals surface area contributed by atoms with E-state index in [9.17, 15) is 9.90 Å². The molecule has 0 saturated carbocycles. The van der Waals surface area contributed by atoms with Gasteiger partial charge < -0.3 is 10.4 Å². The van der Waals surface area contributed by atoms with Crippen LogP contribution in [-0.2, 0) is 0 Å². The molecule has 0 spiro atoms. The van der Waals surface area contributed by atoms with E-state index in [0.717, 1.165) is 16.8 Å². The van der Waals surface area contributed by atoms with Crippen LogP contribution < -0.4 is 5.32 Å². The van der Waals surface area contributed by atoms with E-state index in [4.69, 9.17) is 11.6 Å². The Hall–Kier alpha value is -2.79. The number of aromatic amines is 1. The summed E-state index contributed by atoms with van der Waals surface area (Å²) in [6.45, 7) is 3.72. The molecule has 0 fully saturated rings. The number of nitrogens with zero attached hydrogens (tertiary/aromatic N) is 1. The minimum atomic E-state index is -0.305. The van der Waals surface area contributed by atoms with Gasteiger partial charge in [0.2, 0.25) is 0 Å². The van der Waals surface area contributed by atoms with Gasteiger partial charge >= 0.3 is 0 Å². The van der Waals surface area contributed by atoms with Crippen molar-refractivity contribution in [3.05, 3.63) is 64.3 Å². The molecular formula is C18H16ClN3O2. The molecule has 3 aromatic rings. The second-order valence-electron chi connectivity index (χ2n) is 5.55. The number of aryl methyl sites for hydroxylation is 2. The Morgan fingerprint density at radius 1 is 1.17 bits per heavy atom. The van der Waals surface area contributed by atoms with Gasteiger partial charge in [0, 0.05) is 16.3 Å². The molecule has 6 heteroatoms. The molecule has 0 saturated heterocycles. The SMILES string of the molecule is Cc1cc(O)c(-c2cc(C(=O)Nc3ccccc3C)[nH]n2)cc1Cl. The highest BCUT2D eigenvalue weighted by molar-refractivity contribution is 6.31. The third-order valence-electron chi connectivity index (χ3n) is 3.77. The second kappa shape index (κ2) is 6.37. The van der Waals surface area contributed by atoms with Crippen LogP contribution in [0.25, 0.3) is 11.3 Å². The summed E-state index contributed by atoms with van der Waals surface area (Å²) >= 11 is 6.10. The van der Waals surface area contributed by atoms with Crippen LogP contribution in [0.4, 0.5) is 5.69 Å². The van der Waals surface area contributed by atoms with Gasteiger partial charge in [0.05, 0.1) is 5.69 Å². The number of para-hydroxylation sites is 1. The highest BCUT2D eigenvalue weighted by atomic mass is 35.5. The van der Waals surface area contributed by atoms with Crippen LogP contribution in [0, 0.1) is 13.8 Å². The van der Waals surface area contributed by atoms with Gasteiger partial charge in [-0.3, -0.25) is 9.89 Å². The number of benzene rings is 2. The van der Waals surface area contributed by atoms with Crippen LogP contribution in [0.15, 0.2) is 42.5 Å². The molecule has 1 heterocycles. The normalized spacial score (nSPS) is 10.6. The Morgan fingerprint density at radius 2 is 1.92 bits per heavy atom. The summed E-state index contributed by atoms with van der Waals surface area (Å²) in [5.74, 6) is -0.241. The number of phenolic OH excluding ortho intramolecular Hbond substituents is 1. The fraction of sp³-hybridized carbons (Fsp3) is 0.111. The molecule has 0 aliphatic heterocycles. The Balaban J connectivity index is 1.87. The number of aromatic nitrogens is 2. The average molecular weight is 342 g/mol. The molecule has 0 aliphatic rings. The van der Waals surface area contributed by atoms with Crippen LogP contribution in [0.5, 0.6) is 5.75 Å². The number of halogens is 1. The monoisotopic (exact) mass is 341 g/mol. The second-order valence-corrected chi connectivity index (χ2v) is 5.96. The predicted molar refractivity (Wildman–Crippen MR) is 94.6 cm³/mol. The van der Waals surface area contributed by atoms with Gasteiger partial charge in [0.15, 0.2) is 0 Å². The fourth-order valence-corrected chi connectivity index (χ4v) is 2.51. The van der Waals surface area contributed by atoms with E-state index in [-0.39, 0.29) is 11.7 Å². The molecule has 24 heavy (non-hydrogen) atoms. The smallest absolute Gasteiger partial charge is 0.273 e. The number of hydrogen-bond donors (Lipinski definition) is 3. The van der Waals surface area contributed by atoms with Crippen molar-refractivity contribution in [3.8, 4) is 17.0 Å². The first kappa shape index (κ1) is 16.1. The highest BCUT2D eigenvalue weighted by Crippen LogP contribution is 2.33. The van der Waals surface area contributed by atoms with Gasteiger partial charge in [-0.15, -0.1) is 0 Å². The summed E-state index contributed by atoms with van der Waals surface area (Å²) in [6.07, 6.45) is 0. The summed E-state index contributed by atoms with van der Waals surface area (Å²) in [5.41, 5.74) is 3.69. The van der Waals surface area contributed by atoms with Gasteiger partial charge in [0.25, 0.3) is 5.91 Å². The largest absolute Gasteiger partial charge is 0.507 e. The van der Waals surface area contributed by atoms with E-state index in [1.165, 1.54) is 0 Å². The number of aromatic hydroxyl groups is 1. The number of carbonyl (C=O) groups excluding carboxylic acids is 1. The molecule has 2 aromatic carbocycles. The summed E-state index contributed by atoms with van der Waals surface area (Å²) in [4.78, 5) is 12.3. The lowest BCUT2D eigenvalue weighted by atomic mass is 10.1. The first-order chi connectivity index (χ1) is 11.5. The van der Waals surface area contributed by atoms with Crippen LogP contribution in [-0.4, -0.2) is 21.2 Å². The number of nitrogens with one attached hydrogen (secondary N) is 2. The van der Waals surface area contributed by atoms with Crippen molar-refractivity contribution in [2.45, 2.75) is 13.8 Å². The molecule has 0 aliphatic carbocycles. The van der Waals surface area contributed by atoms with Gasteiger partial charge in [-0.1, -0.05) is 29.8 Å². The molecule has 0 radical (unpaired) electrons. The number of phenols is 1. The number of amides is 1.